The first kappa shape index (κ1) is 14.8. The fourth-order valence-corrected chi connectivity index (χ4v) is 1.91. The number of carbonyl (C=O) groups excluding carboxylic acids is 2. The molecule has 0 aliphatic carbocycles. The number of hydrogen-bond acceptors (Lipinski definition) is 4. The van der Waals surface area contributed by atoms with Crippen LogP contribution >= 0.6 is 0 Å². The van der Waals surface area contributed by atoms with Gasteiger partial charge < -0.3 is 9.73 Å². The molecule has 3 amide bonds. The van der Waals surface area contributed by atoms with Gasteiger partial charge in [-0.1, -0.05) is 30.3 Å². The van der Waals surface area contributed by atoms with E-state index in [-0.39, 0.29) is 12.6 Å². The first-order valence-corrected chi connectivity index (χ1v) is 6.54. The van der Waals surface area contributed by atoms with Crippen molar-refractivity contribution < 1.29 is 14.0 Å². The largest absolute Gasteiger partial charge is 0.467 e. The van der Waals surface area contributed by atoms with Gasteiger partial charge in [0.1, 0.15) is 5.76 Å². The standard InChI is InChI=1S/C15H17N3O3/c1-16-15(20)18-13(19)10-17-14(12-8-5-9-21-12)11-6-3-2-4-7-11/h2-9,14,17H,10H2,1H3,(H2,16,18,19,20)/t14-/m0/s1. The molecule has 21 heavy (non-hydrogen) atoms. The summed E-state index contributed by atoms with van der Waals surface area (Å²) in [6, 6.07) is 12.5. The molecule has 3 N–H and O–H groups in total. The van der Waals surface area contributed by atoms with E-state index in [1.165, 1.54) is 7.05 Å². The van der Waals surface area contributed by atoms with E-state index in [4.69, 9.17) is 4.42 Å². The van der Waals surface area contributed by atoms with Crippen LogP contribution in [-0.4, -0.2) is 25.5 Å². The molecule has 0 aliphatic rings. The predicted molar refractivity (Wildman–Crippen MR) is 77.6 cm³/mol. The predicted octanol–water partition coefficient (Wildman–Crippen LogP) is 1.41. The maximum absolute atomic E-state index is 11.7. The summed E-state index contributed by atoms with van der Waals surface area (Å²) in [7, 11) is 1.45. The van der Waals surface area contributed by atoms with Crippen LogP contribution in [0.4, 0.5) is 4.79 Å². The molecule has 2 rings (SSSR count). The molecule has 1 aromatic carbocycles. The van der Waals surface area contributed by atoms with Gasteiger partial charge in [0.25, 0.3) is 0 Å². The summed E-state index contributed by atoms with van der Waals surface area (Å²) >= 11 is 0. The number of rotatable bonds is 5. The molecular weight excluding hydrogens is 270 g/mol. The zero-order valence-electron chi connectivity index (χ0n) is 11.6. The van der Waals surface area contributed by atoms with Crippen LogP contribution in [0, 0.1) is 0 Å². The minimum atomic E-state index is -0.531. The Labute approximate surface area is 122 Å². The van der Waals surface area contributed by atoms with Crippen LogP contribution in [0.5, 0.6) is 0 Å². The van der Waals surface area contributed by atoms with Crippen molar-refractivity contribution in [3.63, 3.8) is 0 Å². The molecule has 6 heteroatoms. The fourth-order valence-electron chi connectivity index (χ4n) is 1.91. The lowest BCUT2D eigenvalue weighted by Gasteiger charge is -2.16. The third-order valence-electron chi connectivity index (χ3n) is 2.91. The van der Waals surface area contributed by atoms with E-state index in [2.05, 4.69) is 16.0 Å². The second kappa shape index (κ2) is 7.25. The molecule has 1 aromatic heterocycles. The summed E-state index contributed by atoms with van der Waals surface area (Å²) in [6.45, 7) is -0.00627. The minimum Gasteiger partial charge on any atom is -0.467 e. The molecule has 1 atom stereocenters. The molecule has 0 radical (unpaired) electrons. The first-order chi connectivity index (χ1) is 10.2. The van der Waals surface area contributed by atoms with Gasteiger partial charge in [0.2, 0.25) is 5.91 Å². The molecular formula is C15H17N3O3. The molecule has 0 fully saturated rings. The van der Waals surface area contributed by atoms with E-state index in [9.17, 15) is 9.59 Å². The van der Waals surface area contributed by atoms with Gasteiger partial charge in [0.05, 0.1) is 18.8 Å². The lowest BCUT2D eigenvalue weighted by atomic mass is 10.0. The van der Waals surface area contributed by atoms with Gasteiger partial charge in [0, 0.05) is 7.05 Å². The molecule has 0 saturated carbocycles. The number of urea groups is 1. The maximum atomic E-state index is 11.7. The number of furan rings is 1. The van der Waals surface area contributed by atoms with Gasteiger partial charge in [-0.2, -0.15) is 0 Å². The highest BCUT2D eigenvalue weighted by Gasteiger charge is 2.17. The number of benzene rings is 1. The highest BCUT2D eigenvalue weighted by Crippen LogP contribution is 2.21. The van der Waals surface area contributed by atoms with Gasteiger partial charge in [-0.15, -0.1) is 0 Å². The van der Waals surface area contributed by atoms with Crippen molar-refractivity contribution in [2.45, 2.75) is 6.04 Å². The average Bonchev–Trinajstić information content (AvgIpc) is 3.02. The Balaban J connectivity index is 2.04. The molecule has 0 saturated heterocycles. The van der Waals surface area contributed by atoms with Crippen molar-refractivity contribution >= 4 is 11.9 Å². The average molecular weight is 287 g/mol. The minimum absolute atomic E-state index is 0.00627. The molecule has 1 heterocycles. The zero-order chi connectivity index (χ0) is 15.1. The second-order valence-electron chi connectivity index (χ2n) is 4.37. The third kappa shape index (κ3) is 4.19. The molecule has 6 nitrogen and oxygen atoms in total. The number of amides is 3. The van der Waals surface area contributed by atoms with Crippen LogP contribution < -0.4 is 16.0 Å². The van der Waals surface area contributed by atoms with E-state index in [0.717, 1.165) is 5.56 Å². The first-order valence-electron chi connectivity index (χ1n) is 6.54. The third-order valence-corrected chi connectivity index (χ3v) is 2.91. The van der Waals surface area contributed by atoms with Crippen LogP contribution in [0.25, 0.3) is 0 Å². The van der Waals surface area contributed by atoms with E-state index in [1.807, 2.05) is 36.4 Å². The second-order valence-corrected chi connectivity index (χ2v) is 4.37. The van der Waals surface area contributed by atoms with Crippen LogP contribution in [0.1, 0.15) is 17.4 Å². The summed E-state index contributed by atoms with van der Waals surface area (Å²) in [5.41, 5.74) is 0.972. The van der Waals surface area contributed by atoms with Crippen molar-refractivity contribution in [3.05, 3.63) is 60.1 Å². The topological polar surface area (TPSA) is 83.4 Å². The summed E-state index contributed by atoms with van der Waals surface area (Å²) < 4.78 is 5.41. The summed E-state index contributed by atoms with van der Waals surface area (Å²) in [6.07, 6.45) is 1.58. The smallest absolute Gasteiger partial charge is 0.321 e. The normalized spacial score (nSPS) is 11.7. The van der Waals surface area contributed by atoms with Crippen molar-refractivity contribution in [1.82, 2.24) is 16.0 Å². The maximum Gasteiger partial charge on any atom is 0.321 e. The Hall–Kier alpha value is -2.60. The van der Waals surface area contributed by atoms with E-state index in [1.54, 1.807) is 12.3 Å². The Morgan fingerprint density at radius 1 is 1.14 bits per heavy atom. The van der Waals surface area contributed by atoms with Crippen molar-refractivity contribution in [3.8, 4) is 0 Å². The van der Waals surface area contributed by atoms with E-state index >= 15 is 0 Å². The Bertz CT molecular complexity index is 581. The van der Waals surface area contributed by atoms with Crippen molar-refractivity contribution in [2.75, 3.05) is 13.6 Å². The monoisotopic (exact) mass is 287 g/mol. The zero-order valence-corrected chi connectivity index (χ0v) is 11.6. The fraction of sp³-hybridized carbons (Fsp3) is 0.200. The van der Waals surface area contributed by atoms with Crippen molar-refractivity contribution in [2.24, 2.45) is 0 Å². The Morgan fingerprint density at radius 3 is 2.52 bits per heavy atom. The Kier molecular flexibility index (Phi) is 5.11. The molecule has 0 spiro atoms. The number of imide groups is 1. The van der Waals surface area contributed by atoms with E-state index < -0.39 is 11.9 Å². The number of nitrogens with one attached hydrogen (secondary N) is 3. The van der Waals surface area contributed by atoms with Crippen molar-refractivity contribution in [1.29, 1.82) is 0 Å². The van der Waals surface area contributed by atoms with E-state index in [0.29, 0.717) is 5.76 Å². The number of carbonyl (C=O) groups is 2. The van der Waals surface area contributed by atoms with Crippen LogP contribution in [0.15, 0.2) is 53.1 Å². The van der Waals surface area contributed by atoms with Gasteiger partial charge in [-0.25, -0.2) is 4.79 Å². The highest BCUT2D eigenvalue weighted by molar-refractivity contribution is 5.95. The van der Waals surface area contributed by atoms with Crippen LogP contribution in [0.2, 0.25) is 0 Å². The molecule has 2 aromatic rings. The number of hydrogen-bond donors (Lipinski definition) is 3. The highest BCUT2D eigenvalue weighted by atomic mass is 16.3. The Morgan fingerprint density at radius 2 is 1.90 bits per heavy atom. The summed E-state index contributed by atoms with van der Waals surface area (Å²) in [5.74, 6) is 0.288. The van der Waals surface area contributed by atoms with Crippen LogP contribution in [0.3, 0.4) is 0 Å². The van der Waals surface area contributed by atoms with Gasteiger partial charge in [-0.05, 0) is 17.7 Å². The SMILES string of the molecule is CNC(=O)NC(=O)CN[C@@H](c1ccccc1)c1ccco1. The lowest BCUT2D eigenvalue weighted by molar-refractivity contribution is -0.119. The molecule has 110 valence electrons. The lowest BCUT2D eigenvalue weighted by Crippen LogP contribution is -2.42. The van der Waals surface area contributed by atoms with Gasteiger partial charge in [0.15, 0.2) is 0 Å². The molecule has 0 unspecified atom stereocenters. The van der Waals surface area contributed by atoms with Gasteiger partial charge >= 0.3 is 6.03 Å². The van der Waals surface area contributed by atoms with Crippen LogP contribution in [-0.2, 0) is 4.79 Å². The van der Waals surface area contributed by atoms with Gasteiger partial charge in [-0.3, -0.25) is 15.4 Å². The summed E-state index contributed by atoms with van der Waals surface area (Å²) in [5, 5.41) is 7.61. The quantitative estimate of drug-likeness (QED) is 0.776. The molecule has 0 aliphatic heterocycles. The summed E-state index contributed by atoms with van der Waals surface area (Å²) in [4.78, 5) is 22.7. The molecule has 0 bridgehead atoms.